The van der Waals surface area contributed by atoms with Crippen molar-refractivity contribution in [1.82, 2.24) is 9.97 Å². The van der Waals surface area contributed by atoms with Gasteiger partial charge in [-0.2, -0.15) is 4.98 Å². The van der Waals surface area contributed by atoms with Crippen LogP contribution in [0, 0.1) is 12.3 Å². The van der Waals surface area contributed by atoms with Gasteiger partial charge in [-0.25, -0.2) is 4.98 Å². The van der Waals surface area contributed by atoms with Crippen molar-refractivity contribution in [3.63, 3.8) is 0 Å². The van der Waals surface area contributed by atoms with Crippen molar-refractivity contribution in [2.45, 2.75) is 0 Å². The van der Waals surface area contributed by atoms with Crippen LogP contribution in [-0.2, 0) is 4.79 Å². The molecule has 5 nitrogen and oxygen atoms in total. The number of nitrogens with zero attached hydrogens (tertiary/aromatic N) is 2. The van der Waals surface area contributed by atoms with E-state index in [1.165, 1.54) is 0 Å². The highest BCUT2D eigenvalue weighted by atomic mass is 16.3. The molecule has 5 heteroatoms. The van der Waals surface area contributed by atoms with Crippen molar-refractivity contribution in [2.75, 3.05) is 5.32 Å². The van der Waals surface area contributed by atoms with E-state index in [9.17, 15) is 4.79 Å². The maximum absolute atomic E-state index is 11.2. The van der Waals surface area contributed by atoms with Crippen molar-refractivity contribution >= 4 is 22.8 Å². The molecule has 0 aliphatic carbocycles. The van der Waals surface area contributed by atoms with E-state index in [1.807, 2.05) is 12.0 Å². The Morgan fingerprint density at radius 3 is 3.00 bits per heavy atom. The summed E-state index contributed by atoms with van der Waals surface area (Å²) in [6.07, 6.45) is 6.67. The Hall–Kier alpha value is -3.13. The Balaban J connectivity index is 1.99. The summed E-state index contributed by atoms with van der Waals surface area (Å²) in [6, 6.07) is 10.7. The van der Waals surface area contributed by atoms with Crippen LogP contribution in [0.1, 0.15) is 0 Å². The molecule has 0 saturated carbocycles. The van der Waals surface area contributed by atoms with Gasteiger partial charge in [0, 0.05) is 17.4 Å². The second-order valence-electron chi connectivity index (χ2n) is 4.02. The van der Waals surface area contributed by atoms with Gasteiger partial charge in [0.2, 0.25) is 5.89 Å². The van der Waals surface area contributed by atoms with E-state index in [4.69, 9.17) is 10.8 Å². The van der Waals surface area contributed by atoms with E-state index < -0.39 is 5.91 Å². The lowest BCUT2D eigenvalue weighted by Gasteiger charge is -2.02. The minimum Gasteiger partial charge on any atom is -0.434 e. The molecule has 0 fully saturated rings. The predicted molar refractivity (Wildman–Crippen MR) is 74.7 cm³/mol. The molecule has 2 heterocycles. The van der Waals surface area contributed by atoms with Gasteiger partial charge in [-0.05, 0) is 36.3 Å². The number of hydrogen-bond donors (Lipinski definition) is 1. The molecule has 20 heavy (non-hydrogen) atoms. The molecule has 3 rings (SSSR count). The van der Waals surface area contributed by atoms with E-state index in [-0.39, 0.29) is 0 Å². The SMILES string of the molecule is C#CC(=O)Nc1cccc(-c2nc3ncccc3o2)c1. The number of aromatic nitrogens is 2. The van der Waals surface area contributed by atoms with Crippen LogP contribution >= 0.6 is 0 Å². The highest BCUT2D eigenvalue weighted by Crippen LogP contribution is 2.25. The topological polar surface area (TPSA) is 68.0 Å². The molecule has 0 unspecified atom stereocenters. The number of terminal acetylenes is 1. The fourth-order valence-corrected chi connectivity index (χ4v) is 1.79. The minimum absolute atomic E-state index is 0.440. The predicted octanol–water partition coefficient (Wildman–Crippen LogP) is 2.46. The number of anilines is 1. The van der Waals surface area contributed by atoms with E-state index in [1.54, 1.807) is 36.5 Å². The normalized spacial score (nSPS) is 10.2. The molecule has 0 aliphatic heterocycles. The first-order chi connectivity index (χ1) is 9.76. The number of oxazole rings is 1. The molecule has 3 aromatic rings. The lowest BCUT2D eigenvalue weighted by Crippen LogP contribution is -2.07. The summed E-state index contributed by atoms with van der Waals surface area (Å²) in [5.41, 5.74) is 2.47. The first-order valence-corrected chi connectivity index (χ1v) is 5.86. The summed E-state index contributed by atoms with van der Waals surface area (Å²) < 4.78 is 5.61. The maximum atomic E-state index is 11.2. The number of hydrogen-bond acceptors (Lipinski definition) is 4. The van der Waals surface area contributed by atoms with Crippen LogP contribution in [0.4, 0.5) is 5.69 Å². The van der Waals surface area contributed by atoms with Crippen LogP contribution in [0.3, 0.4) is 0 Å². The molecule has 2 aromatic heterocycles. The molecule has 0 bridgehead atoms. The standard InChI is InChI=1S/C15H9N3O2/c1-2-13(19)17-11-6-3-5-10(9-11)15-18-14-12(20-15)7-4-8-16-14/h1,3-9H,(H,17,19). The number of rotatable bonds is 2. The fourth-order valence-electron chi connectivity index (χ4n) is 1.79. The lowest BCUT2D eigenvalue weighted by molar-refractivity contribution is -0.111. The Kier molecular flexibility index (Phi) is 2.90. The summed E-state index contributed by atoms with van der Waals surface area (Å²) in [7, 11) is 0. The fraction of sp³-hybridized carbons (Fsp3) is 0. The van der Waals surface area contributed by atoms with Crippen LogP contribution in [0.25, 0.3) is 22.7 Å². The van der Waals surface area contributed by atoms with Gasteiger partial charge >= 0.3 is 0 Å². The van der Waals surface area contributed by atoms with Crippen LogP contribution in [-0.4, -0.2) is 15.9 Å². The number of benzene rings is 1. The summed E-state index contributed by atoms with van der Waals surface area (Å²) in [6.45, 7) is 0. The number of pyridine rings is 1. The third-order valence-corrected chi connectivity index (χ3v) is 2.66. The van der Waals surface area contributed by atoms with Gasteiger partial charge in [0.25, 0.3) is 5.91 Å². The Bertz CT molecular complexity index is 797. The lowest BCUT2D eigenvalue weighted by atomic mass is 10.2. The number of carbonyl (C=O) groups is 1. The highest BCUT2D eigenvalue weighted by Gasteiger charge is 2.09. The monoisotopic (exact) mass is 263 g/mol. The van der Waals surface area contributed by atoms with E-state index in [0.717, 1.165) is 5.56 Å². The summed E-state index contributed by atoms with van der Waals surface area (Å²) in [5.74, 6) is 1.94. The van der Waals surface area contributed by atoms with Crippen LogP contribution in [0.5, 0.6) is 0 Å². The van der Waals surface area contributed by atoms with E-state index in [2.05, 4.69) is 15.3 Å². The van der Waals surface area contributed by atoms with Gasteiger partial charge in [-0.1, -0.05) is 6.07 Å². The largest absolute Gasteiger partial charge is 0.434 e. The number of amides is 1. The molecule has 0 atom stereocenters. The molecule has 0 spiro atoms. The second-order valence-corrected chi connectivity index (χ2v) is 4.02. The van der Waals surface area contributed by atoms with Gasteiger partial charge in [0.15, 0.2) is 11.2 Å². The van der Waals surface area contributed by atoms with Gasteiger partial charge in [-0.15, -0.1) is 6.42 Å². The first-order valence-electron chi connectivity index (χ1n) is 5.86. The van der Waals surface area contributed by atoms with Crippen molar-refractivity contribution in [3.8, 4) is 23.8 Å². The van der Waals surface area contributed by atoms with E-state index in [0.29, 0.717) is 22.8 Å². The third kappa shape index (κ3) is 2.22. The molecule has 1 N–H and O–H groups in total. The molecule has 0 radical (unpaired) electrons. The number of carbonyl (C=O) groups excluding carboxylic acids is 1. The van der Waals surface area contributed by atoms with E-state index >= 15 is 0 Å². The Morgan fingerprint density at radius 1 is 1.30 bits per heavy atom. The van der Waals surface area contributed by atoms with Crippen LogP contribution < -0.4 is 5.32 Å². The van der Waals surface area contributed by atoms with Gasteiger partial charge < -0.3 is 9.73 Å². The summed E-state index contributed by atoms with van der Waals surface area (Å²) >= 11 is 0. The number of nitrogens with one attached hydrogen (secondary N) is 1. The zero-order valence-corrected chi connectivity index (χ0v) is 10.3. The quantitative estimate of drug-likeness (QED) is 0.721. The zero-order chi connectivity index (χ0) is 13.9. The average molecular weight is 263 g/mol. The van der Waals surface area contributed by atoms with Crippen molar-refractivity contribution in [3.05, 3.63) is 42.6 Å². The van der Waals surface area contributed by atoms with Crippen molar-refractivity contribution in [1.29, 1.82) is 0 Å². The highest BCUT2D eigenvalue weighted by molar-refractivity contribution is 6.03. The number of fused-ring (bicyclic) bond motifs is 1. The summed E-state index contributed by atoms with van der Waals surface area (Å²) in [4.78, 5) is 19.6. The van der Waals surface area contributed by atoms with Crippen LogP contribution in [0.15, 0.2) is 47.0 Å². The first kappa shape index (κ1) is 11.9. The van der Waals surface area contributed by atoms with Crippen LogP contribution in [0.2, 0.25) is 0 Å². The average Bonchev–Trinajstić information content (AvgIpc) is 2.91. The third-order valence-electron chi connectivity index (χ3n) is 2.66. The smallest absolute Gasteiger partial charge is 0.300 e. The molecular formula is C15H9N3O2. The Labute approximate surface area is 114 Å². The molecule has 1 amide bonds. The molecular weight excluding hydrogens is 254 g/mol. The minimum atomic E-state index is -0.499. The molecule has 96 valence electrons. The maximum Gasteiger partial charge on any atom is 0.300 e. The molecule has 1 aromatic carbocycles. The van der Waals surface area contributed by atoms with Gasteiger partial charge in [0.05, 0.1) is 0 Å². The Morgan fingerprint density at radius 2 is 2.20 bits per heavy atom. The zero-order valence-electron chi connectivity index (χ0n) is 10.3. The second kappa shape index (κ2) is 4.86. The molecule has 0 aliphatic rings. The van der Waals surface area contributed by atoms with Crippen molar-refractivity contribution < 1.29 is 9.21 Å². The van der Waals surface area contributed by atoms with Crippen molar-refractivity contribution in [2.24, 2.45) is 0 Å². The van der Waals surface area contributed by atoms with Gasteiger partial charge in [0.1, 0.15) is 0 Å². The van der Waals surface area contributed by atoms with Gasteiger partial charge in [-0.3, -0.25) is 4.79 Å². The summed E-state index contributed by atoms with van der Waals surface area (Å²) in [5, 5.41) is 2.58. The molecule has 0 saturated heterocycles.